The first-order valence-corrected chi connectivity index (χ1v) is 8.03. The van der Waals surface area contributed by atoms with Gasteiger partial charge in [0.25, 0.3) is 0 Å². The van der Waals surface area contributed by atoms with Crippen LogP contribution in [0.5, 0.6) is 0 Å². The van der Waals surface area contributed by atoms with Crippen LogP contribution in [0.4, 0.5) is 5.69 Å². The fraction of sp³-hybridized carbons (Fsp3) is 0.133. The summed E-state index contributed by atoms with van der Waals surface area (Å²) >= 11 is 5.93. The number of fused-ring (bicyclic) bond motifs is 1. The normalized spacial score (nSPS) is 11.0. The summed E-state index contributed by atoms with van der Waals surface area (Å²) in [5, 5.41) is 0. The minimum atomic E-state index is 0.966. The second-order valence-electron chi connectivity index (χ2n) is 4.80. The lowest BCUT2D eigenvalue weighted by molar-refractivity contribution is 1.12. The first-order valence-electron chi connectivity index (χ1n) is 6.16. The summed E-state index contributed by atoms with van der Waals surface area (Å²) in [5.74, 6) is 0. The van der Waals surface area contributed by atoms with Gasteiger partial charge in [0.15, 0.2) is 0 Å². The van der Waals surface area contributed by atoms with Crippen molar-refractivity contribution in [2.45, 2.75) is 0 Å². The number of imidazole rings is 1. The molecule has 0 radical (unpaired) electrons. The number of hydrogen-bond acceptors (Lipinski definition) is 2. The molecule has 2 heterocycles. The molecule has 0 unspecified atom stereocenters. The molecule has 2 aromatic heterocycles. The lowest BCUT2D eigenvalue weighted by Gasteiger charge is -2.14. The van der Waals surface area contributed by atoms with E-state index in [0.29, 0.717) is 0 Å². The van der Waals surface area contributed by atoms with Gasteiger partial charge in [-0.3, -0.25) is 0 Å². The fourth-order valence-electron chi connectivity index (χ4n) is 2.13. The van der Waals surface area contributed by atoms with Crippen molar-refractivity contribution in [3.8, 4) is 11.3 Å². The van der Waals surface area contributed by atoms with Gasteiger partial charge in [0.2, 0.25) is 0 Å². The van der Waals surface area contributed by atoms with Crippen molar-refractivity contribution in [3.63, 3.8) is 0 Å². The molecule has 20 heavy (non-hydrogen) atoms. The molecular weight excluding hydrogens is 429 g/mol. The standard InChI is InChI=1S/C15H13BrIN3/c1-19(2)14-5-3-10(7-12(14)16)13-9-20-8-11(17)4-6-15(20)18-13/h3-9H,1-2H3. The van der Waals surface area contributed by atoms with E-state index in [4.69, 9.17) is 0 Å². The molecule has 0 aliphatic heterocycles. The van der Waals surface area contributed by atoms with E-state index >= 15 is 0 Å². The quantitative estimate of drug-likeness (QED) is 0.548. The molecule has 0 aliphatic carbocycles. The number of hydrogen-bond donors (Lipinski definition) is 0. The van der Waals surface area contributed by atoms with Gasteiger partial charge in [-0.2, -0.15) is 0 Å². The molecule has 3 nitrogen and oxygen atoms in total. The number of pyridine rings is 1. The number of benzene rings is 1. The summed E-state index contributed by atoms with van der Waals surface area (Å²) in [4.78, 5) is 6.75. The molecule has 0 saturated carbocycles. The summed E-state index contributed by atoms with van der Waals surface area (Å²) in [5.41, 5.74) is 4.22. The highest BCUT2D eigenvalue weighted by atomic mass is 127. The maximum absolute atomic E-state index is 4.66. The third kappa shape index (κ3) is 2.56. The molecule has 3 aromatic rings. The van der Waals surface area contributed by atoms with Gasteiger partial charge in [0.1, 0.15) is 5.65 Å². The number of anilines is 1. The van der Waals surface area contributed by atoms with Crippen molar-refractivity contribution < 1.29 is 0 Å². The summed E-state index contributed by atoms with van der Waals surface area (Å²) in [7, 11) is 4.07. The van der Waals surface area contributed by atoms with Crippen molar-refractivity contribution in [3.05, 3.63) is 50.8 Å². The van der Waals surface area contributed by atoms with Crippen molar-refractivity contribution >= 4 is 49.9 Å². The summed E-state index contributed by atoms with van der Waals surface area (Å²) in [6, 6.07) is 10.4. The average Bonchev–Trinajstić information content (AvgIpc) is 2.81. The molecule has 0 bridgehead atoms. The highest BCUT2D eigenvalue weighted by molar-refractivity contribution is 14.1. The Balaban J connectivity index is 2.08. The van der Waals surface area contributed by atoms with Crippen LogP contribution in [0.25, 0.3) is 16.9 Å². The Kier molecular flexibility index (Phi) is 3.72. The highest BCUT2D eigenvalue weighted by Crippen LogP contribution is 2.30. The lowest BCUT2D eigenvalue weighted by atomic mass is 10.1. The maximum atomic E-state index is 4.66. The predicted molar refractivity (Wildman–Crippen MR) is 95.4 cm³/mol. The minimum absolute atomic E-state index is 0.966. The van der Waals surface area contributed by atoms with E-state index in [1.165, 1.54) is 3.57 Å². The van der Waals surface area contributed by atoms with Gasteiger partial charge in [0, 0.05) is 40.1 Å². The Hall–Kier alpha value is -1.08. The Morgan fingerprint density at radius 1 is 1.15 bits per heavy atom. The largest absolute Gasteiger partial charge is 0.377 e. The van der Waals surface area contributed by atoms with E-state index in [0.717, 1.165) is 27.1 Å². The molecule has 5 heteroatoms. The van der Waals surface area contributed by atoms with Crippen molar-refractivity contribution in [2.24, 2.45) is 0 Å². The van der Waals surface area contributed by atoms with Crippen LogP contribution >= 0.6 is 38.5 Å². The number of rotatable bonds is 2. The zero-order valence-electron chi connectivity index (χ0n) is 11.1. The molecule has 0 spiro atoms. The smallest absolute Gasteiger partial charge is 0.137 e. The van der Waals surface area contributed by atoms with Crippen LogP contribution in [0.1, 0.15) is 0 Å². The molecule has 1 aromatic carbocycles. The van der Waals surface area contributed by atoms with Crippen LogP contribution in [0.2, 0.25) is 0 Å². The lowest BCUT2D eigenvalue weighted by Crippen LogP contribution is -2.09. The molecule has 0 N–H and O–H groups in total. The van der Waals surface area contributed by atoms with E-state index in [1.807, 2.05) is 20.2 Å². The zero-order chi connectivity index (χ0) is 14.3. The van der Waals surface area contributed by atoms with E-state index in [9.17, 15) is 0 Å². The predicted octanol–water partition coefficient (Wildman–Crippen LogP) is 4.43. The summed E-state index contributed by atoms with van der Waals surface area (Å²) < 4.78 is 4.33. The minimum Gasteiger partial charge on any atom is -0.377 e. The number of aromatic nitrogens is 2. The molecular formula is C15H13BrIN3. The molecule has 0 fully saturated rings. The Morgan fingerprint density at radius 3 is 2.65 bits per heavy atom. The topological polar surface area (TPSA) is 20.5 Å². The Labute approximate surface area is 139 Å². The van der Waals surface area contributed by atoms with Crippen molar-refractivity contribution in [2.75, 3.05) is 19.0 Å². The molecule has 102 valence electrons. The van der Waals surface area contributed by atoms with Gasteiger partial charge in [-0.25, -0.2) is 4.98 Å². The SMILES string of the molecule is CN(C)c1ccc(-c2cn3cc(I)ccc3n2)cc1Br. The average molecular weight is 442 g/mol. The molecule has 3 rings (SSSR count). The first kappa shape index (κ1) is 13.9. The van der Waals surface area contributed by atoms with Gasteiger partial charge in [-0.05, 0) is 62.8 Å². The molecule has 0 saturated heterocycles. The fourth-order valence-corrected chi connectivity index (χ4v) is 3.35. The summed E-state index contributed by atoms with van der Waals surface area (Å²) in [6.45, 7) is 0. The van der Waals surface area contributed by atoms with Gasteiger partial charge in [-0.15, -0.1) is 0 Å². The van der Waals surface area contributed by atoms with Crippen LogP contribution in [0.15, 0.2) is 47.2 Å². The van der Waals surface area contributed by atoms with Crippen LogP contribution in [-0.4, -0.2) is 23.5 Å². The van der Waals surface area contributed by atoms with E-state index in [2.05, 4.69) is 89.5 Å². The van der Waals surface area contributed by atoms with E-state index in [1.54, 1.807) is 0 Å². The summed E-state index contributed by atoms with van der Waals surface area (Å²) in [6.07, 6.45) is 4.14. The van der Waals surface area contributed by atoms with Gasteiger partial charge in [-0.1, -0.05) is 6.07 Å². The van der Waals surface area contributed by atoms with Crippen molar-refractivity contribution in [1.82, 2.24) is 9.38 Å². The second-order valence-corrected chi connectivity index (χ2v) is 6.90. The Bertz CT molecular complexity index is 780. The van der Waals surface area contributed by atoms with Crippen LogP contribution in [-0.2, 0) is 0 Å². The van der Waals surface area contributed by atoms with Crippen molar-refractivity contribution in [1.29, 1.82) is 0 Å². The van der Waals surface area contributed by atoms with Gasteiger partial charge in [0.05, 0.1) is 11.4 Å². The van der Waals surface area contributed by atoms with Crippen LogP contribution < -0.4 is 4.90 Å². The van der Waals surface area contributed by atoms with Crippen LogP contribution in [0.3, 0.4) is 0 Å². The monoisotopic (exact) mass is 441 g/mol. The highest BCUT2D eigenvalue weighted by Gasteiger charge is 2.08. The van der Waals surface area contributed by atoms with E-state index < -0.39 is 0 Å². The first-order chi connectivity index (χ1) is 9.54. The van der Waals surface area contributed by atoms with Gasteiger partial charge < -0.3 is 9.30 Å². The third-order valence-corrected chi connectivity index (χ3v) is 4.41. The van der Waals surface area contributed by atoms with Crippen LogP contribution in [0, 0.1) is 3.57 Å². The second kappa shape index (κ2) is 5.37. The van der Waals surface area contributed by atoms with E-state index in [-0.39, 0.29) is 0 Å². The van der Waals surface area contributed by atoms with Gasteiger partial charge >= 0.3 is 0 Å². The number of halogens is 2. The molecule has 0 amide bonds. The number of nitrogens with zero attached hydrogens (tertiary/aromatic N) is 3. The Morgan fingerprint density at radius 2 is 1.95 bits per heavy atom. The third-order valence-electron chi connectivity index (χ3n) is 3.14. The maximum Gasteiger partial charge on any atom is 0.137 e. The molecule has 0 atom stereocenters. The zero-order valence-corrected chi connectivity index (χ0v) is 14.9. The molecule has 0 aliphatic rings.